The van der Waals surface area contributed by atoms with Crippen molar-refractivity contribution in [3.63, 3.8) is 0 Å². The number of hydrogen-bond acceptors (Lipinski definition) is 5. The largest absolute Gasteiger partial charge is 0.294 e. The van der Waals surface area contributed by atoms with Gasteiger partial charge in [-0.1, -0.05) is 77.9 Å². The molecule has 0 fully saturated rings. The number of rotatable bonds is 5. The minimum absolute atomic E-state index is 0.0415. The molecule has 0 aromatic heterocycles. The molecule has 0 unspecified atom stereocenters. The second-order valence-electron chi connectivity index (χ2n) is 9.77. The van der Waals surface area contributed by atoms with Gasteiger partial charge in [0.25, 0.3) is 10.0 Å². The van der Waals surface area contributed by atoms with E-state index in [-0.39, 0.29) is 22.7 Å². The first-order chi connectivity index (χ1) is 17.7. The first-order valence-corrected chi connectivity index (χ1v) is 13.8. The third-order valence-electron chi connectivity index (χ3n) is 7.32. The van der Waals surface area contributed by atoms with E-state index in [1.54, 1.807) is 42.5 Å². The number of nitro groups is 1. The summed E-state index contributed by atoms with van der Waals surface area (Å²) in [6.07, 6.45) is 1.07. The van der Waals surface area contributed by atoms with Crippen molar-refractivity contribution in [2.45, 2.75) is 56.0 Å². The average molecular weight is 517 g/mol. The van der Waals surface area contributed by atoms with E-state index >= 15 is 0 Å². The molecule has 1 aliphatic carbocycles. The van der Waals surface area contributed by atoms with E-state index in [9.17, 15) is 23.3 Å². The predicted molar refractivity (Wildman–Crippen MR) is 140 cm³/mol. The maximum atomic E-state index is 14.3. The Hall–Kier alpha value is -3.78. The molecular weight excluding hydrogens is 488 g/mol. The van der Waals surface area contributed by atoms with Crippen molar-refractivity contribution in [2.75, 3.05) is 0 Å². The summed E-state index contributed by atoms with van der Waals surface area (Å²) >= 11 is 0. The van der Waals surface area contributed by atoms with Crippen LogP contribution in [0.3, 0.4) is 0 Å². The van der Waals surface area contributed by atoms with Crippen molar-refractivity contribution in [3.8, 4) is 0 Å². The molecule has 0 bridgehead atoms. The van der Waals surface area contributed by atoms with Crippen molar-refractivity contribution in [3.05, 3.63) is 123 Å². The fourth-order valence-corrected chi connectivity index (χ4v) is 7.30. The van der Waals surface area contributed by atoms with Crippen molar-refractivity contribution in [1.29, 1.82) is 0 Å². The van der Waals surface area contributed by atoms with Crippen molar-refractivity contribution >= 4 is 15.8 Å². The number of Topliss-reactive ketones (excluding diaryl/α,β-unsaturated/α-hetero) is 1. The van der Waals surface area contributed by atoms with E-state index in [4.69, 9.17) is 0 Å². The van der Waals surface area contributed by atoms with Gasteiger partial charge in [-0.3, -0.25) is 19.2 Å². The summed E-state index contributed by atoms with van der Waals surface area (Å²) in [4.78, 5) is 25.9. The fourth-order valence-electron chi connectivity index (χ4n) is 5.56. The monoisotopic (exact) mass is 516 g/mol. The quantitative estimate of drug-likeness (QED) is 0.330. The smallest absolute Gasteiger partial charge is 0.264 e. The van der Waals surface area contributed by atoms with E-state index in [2.05, 4.69) is 0 Å². The maximum Gasteiger partial charge on any atom is 0.264 e. The lowest BCUT2D eigenvalue weighted by Gasteiger charge is -2.45. The van der Waals surface area contributed by atoms with E-state index in [1.165, 1.54) is 16.4 Å². The second kappa shape index (κ2) is 9.59. The van der Waals surface area contributed by atoms with Crippen molar-refractivity contribution in [1.82, 2.24) is 4.31 Å². The van der Waals surface area contributed by atoms with Crippen LogP contribution in [0.2, 0.25) is 0 Å². The molecule has 7 nitrogen and oxygen atoms in total. The van der Waals surface area contributed by atoms with Crippen LogP contribution in [0.1, 0.15) is 53.5 Å². The lowest BCUT2D eigenvalue weighted by Crippen LogP contribution is -2.52. The van der Waals surface area contributed by atoms with Crippen molar-refractivity contribution in [2.24, 2.45) is 0 Å². The van der Waals surface area contributed by atoms with Crippen LogP contribution in [0, 0.1) is 24.0 Å². The Balaban J connectivity index is 1.84. The lowest BCUT2D eigenvalue weighted by molar-refractivity contribution is -0.534. The second-order valence-corrected chi connectivity index (χ2v) is 11.6. The number of ketones is 1. The molecule has 0 saturated heterocycles. The Morgan fingerprint density at radius 3 is 2.03 bits per heavy atom. The lowest BCUT2D eigenvalue weighted by atomic mass is 9.72. The summed E-state index contributed by atoms with van der Waals surface area (Å²) in [6.45, 7) is 3.79. The van der Waals surface area contributed by atoms with Gasteiger partial charge in [0.2, 0.25) is 6.04 Å². The van der Waals surface area contributed by atoms with Gasteiger partial charge in [-0.2, -0.15) is 0 Å². The van der Waals surface area contributed by atoms with E-state index < -0.39 is 32.9 Å². The van der Waals surface area contributed by atoms with Gasteiger partial charge in [0, 0.05) is 22.6 Å². The zero-order chi connectivity index (χ0) is 26.3. The first kappa shape index (κ1) is 24.9. The van der Waals surface area contributed by atoms with Crippen molar-refractivity contribution < 1.29 is 18.1 Å². The van der Waals surface area contributed by atoms with Gasteiger partial charge >= 0.3 is 0 Å². The molecular formula is C29H28N2O5S. The summed E-state index contributed by atoms with van der Waals surface area (Å²) < 4.78 is 29.7. The number of benzene rings is 3. The van der Waals surface area contributed by atoms with Gasteiger partial charge in [0.05, 0.1) is 10.8 Å². The Kier molecular flexibility index (Phi) is 6.45. The van der Waals surface area contributed by atoms with Gasteiger partial charge < -0.3 is 0 Å². The van der Waals surface area contributed by atoms with Crippen LogP contribution in [0.5, 0.6) is 0 Å². The summed E-state index contributed by atoms with van der Waals surface area (Å²) in [5.74, 6) is -1.10. The molecule has 37 heavy (non-hydrogen) atoms. The number of sulfonamides is 1. The highest BCUT2D eigenvalue weighted by atomic mass is 32.2. The van der Waals surface area contributed by atoms with Gasteiger partial charge in [0.15, 0.2) is 5.78 Å². The zero-order valence-corrected chi connectivity index (χ0v) is 21.5. The van der Waals surface area contributed by atoms with Gasteiger partial charge in [0.1, 0.15) is 6.04 Å². The summed E-state index contributed by atoms with van der Waals surface area (Å²) in [6, 6.07) is 20.0. The highest BCUT2D eigenvalue weighted by Gasteiger charge is 2.56. The number of aryl methyl sites for hydroxylation is 2. The van der Waals surface area contributed by atoms with Crippen LogP contribution >= 0.6 is 0 Å². The van der Waals surface area contributed by atoms with E-state index in [0.717, 1.165) is 11.1 Å². The molecule has 0 spiro atoms. The Labute approximate surface area is 216 Å². The van der Waals surface area contributed by atoms with Crippen LogP contribution < -0.4 is 0 Å². The minimum Gasteiger partial charge on any atom is -0.294 e. The SMILES string of the molecule is Cc1ccc([C@@H]2C3=C(CCCC3=O)N(S(=O)(=O)c3ccc(C)cc3)[C@H](c3ccccc3)[C@H]2[N+](=O)[O-])cc1. The van der Waals surface area contributed by atoms with Gasteiger partial charge in [-0.15, -0.1) is 0 Å². The number of carbonyl (C=O) groups is 1. The molecule has 0 amide bonds. The molecule has 0 saturated carbocycles. The third kappa shape index (κ3) is 4.35. The Morgan fingerprint density at radius 2 is 1.43 bits per heavy atom. The normalized spacial score (nSPS) is 22.1. The standard InChI is InChI=1S/C29H28N2O5S/c1-19-11-15-21(16-12-19)26-27-24(9-6-10-25(27)32)30(37(35,36)23-17-13-20(2)14-18-23)28(29(26)31(33)34)22-7-4-3-5-8-22/h3-5,7-8,11-18,26,28-29H,6,9-10H2,1-2H3/t26-,28-,29+/m1/s1. The topological polar surface area (TPSA) is 97.6 Å². The molecule has 1 aliphatic heterocycles. The molecule has 0 N–H and O–H groups in total. The molecule has 3 aromatic carbocycles. The molecule has 3 aromatic rings. The number of hydrogen-bond donors (Lipinski definition) is 0. The molecule has 0 radical (unpaired) electrons. The first-order valence-electron chi connectivity index (χ1n) is 12.3. The Bertz CT molecular complexity index is 1480. The Morgan fingerprint density at radius 1 is 0.838 bits per heavy atom. The molecule has 190 valence electrons. The summed E-state index contributed by atoms with van der Waals surface area (Å²) in [5, 5.41) is 12.9. The number of carbonyl (C=O) groups excluding carboxylic acids is 1. The molecule has 5 rings (SSSR count). The number of nitrogens with zero attached hydrogens (tertiary/aromatic N) is 2. The van der Waals surface area contributed by atoms with E-state index in [1.807, 2.05) is 38.1 Å². The van der Waals surface area contributed by atoms with Crippen LogP contribution in [0.15, 0.2) is 95.0 Å². The van der Waals surface area contributed by atoms with Crippen LogP contribution in [0.25, 0.3) is 0 Å². The minimum atomic E-state index is -4.23. The fraction of sp³-hybridized carbons (Fsp3) is 0.276. The van der Waals surface area contributed by atoms with Gasteiger partial charge in [-0.25, -0.2) is 8.42 Å². The summed E-state index contributed by atoms with van der Waals surface area (Å²) in [5.41, 5.74) is 3.66. The van der Waals surface area contributed by atoms with E-state index in [0.29, 0.717) is 29.7 Å². The number of allylic oxidation sites excluding steroid dienone is 1. The highest BCUT2D eigenvalue weighted by molar-refractivity contribution is 7.89. The molecule has 2 aliphatic rings. The van der Waals surface area contributed by atoms with Crippen LogP contribution in [-0.4, -0.2) is 29.5 Å². The van der Waals surface area contributed by atoms with Crippen LogP contribution in [0.4, 0.5) is 0 Å². The van der Waals surface area contributed by atoms with Crippen LogP contribution in [-0.2, 0) is 14.8 Å². The maximum absolute atomic E-state index is 14.3. The third-order valence-corrected chi connectivity index (χ3v) is 9.16. The summed E-state index contributed by atoms with van der Waals surface area (Å²) in [7, 11) is -4.23. The molecule has 3 atom stereocenters. The predicted octanol–water partition coefficient (Wildman–Crippen LogP) is 5.49. The average Bonchev–Trinajstić information content (AvgIpc) is 2.88. The molecule has 8 heteroatoms. The highest BCUT2D eigenvalue weighted by Crippen LogP contribution is 2.51. The molecule has 1 heterocycles. The zero-order valence-electron chi connectivity index (χ0n) is 20.7. The van der Waals surface area contributed by atoms with Gasteiger partial charge in [-0.05, 0) is 49.9 Å².